The summed E-state index contributed by atoms with van der Waals surface area (Å²) in [6.45, 7) is 0.350. The SMILES string of the molecule is COc1ccnc(Cn2c(=O)sc3ccccc32)c1OC. The smallest absolute Gasteiger partial charge is 0.308 e. The van der Waals surface area contributed by atoms with Gasteiger partial charge in [0, 0.05) is 12.3 Å². The minimum atomic E-state index is -0.0112. The van der Waals surface area contributed by atoms with Crippen molar-refractivity contribution in [1.29, 1.82) is 0 Å². The van der Waals surface area contributed by atoms with Crippen molar-refractivity contribution in [2.45, 2.75) is 6.54 Å². The van der Waals surface area contributed by atoms with Crippen molar-refractivity contribution >= 4 is 21.6 Å². The van der Waals surface area contributed by atoms with Gasteiger partial charge in [0.2, 0.25) is 0 Å². The normalized spacial score (nSPS) is 10.8. The number of fused-ring (bicyclic) bond motifs is 1. The predicted molar refractivity (Wildman–Crippen MR) is 82.5 cm³/mol. The number of para-hydroxylation sites is 1. The fourth-order valence-electron chi connectivity index (χ4n) is 2.28. The number of nitrogens with zero attached hydrogens (tertiary/aromatic N) is 2. The molecule has 0 saturated carbocycles. The molecule has 0 aliphatic heterocycles. The Morgan fingerprint density at radius 3 is 2.76 bits per heavy atom. The van der Waals surface area contributed by atoms with Crippen molar-refractivity contribution < 1.29 is 9.47 Å². The lowest BCUT2D eigenvalue weighted by molar-refractivity contribution is 0.348. The van der Waals surface area contributed by atoms with Crippen molar-refractivity contribution in [3.63, 3.8) is 0 Å². The number of methoxy groups -OCH3 is 2. The van der Waals surface area contributed by atoms with Crippen LogP contribution in [0.5, 0.6) is 11.5 Å². The Labute approximate surface area is 125 Å². The van der Waals surface area contributed by atoms with E-state index >= 15 is 0 Å². The van der Waals surface area contributed by atoms with Gasteiger partial charge < -0.3 is 9.47 Å². The molecule has 1 aromatic carbocycles. The quantitative estimate of drug-likeness (QED) is 0.743. The Kier molecular flexibility index (Phi) is 3.62. The maximum absolute atomic E-state index is 12.2. The van der Waals surface area contributed by atoms with Crippen LogP contribution in [-0.4, -0.2) is 23.8 Å². The van der Waals surface area contributed by atoms with Gasteiger partial charge in [-0.2, -0.15) is 0 Å². The van der Waals surface area contributed by atoms with Crippen LogP contribution in [0.25, 0.3) is 10.2 Å². The van der Waals surface area contributed by atoms with E-state index in [1.807, 2.05) is 24.3 Å². The van der Waals surface area contributed by atoms with E-state index in [1.54, 1.807) is 31.0 Å². The fraction of sp³-hybridized carbons (Fsp3) is 0.200. The third-order valence-corrected chi connectivity index (χ3v) is 4.21. The first-order chi connectivity index (χ1) is 10.2. The maximum Gasteiger partial charge on any atom is 0.308 e. The van der Waals surface area contributed by atoms with Crippen molar-refractivity contribution in [1.82, 2.24) is 9.55 Å². The van der Waals surface area contributed by atoms with E-state index in [-0.39, 0.29) is 4.87 Å². The minimum Gasteiger partial charge on any atom is -0.493 e. The van der Waals surface area contributed by atoms with E-state index in [4.69, 9.17) is 9.47 Å². The second-order valence-corrected chi connectivity index (χ2v) is 5.41. The second kappa shape index (κ2) is 5.57. The highest BCUT2D eigenvalue weighted by Gasteiger charge is 2.14. The first-order valence-corrected chi connectivity index (χ1v) is 7.20. The molecular weight excluding hydrogens is 288 g/mol. The molecule has 0 saturated heterocycles. The summed E-state index contributed by atoms with van der Waals surface area (Å²) in [5.74, 6) is 1.16. The number of aromatic nitrogens is 2. The van der Waals surface area contributed by atoms with E-state index in [0.29, 0.717) is 23.7 Å². The van der Waals surface area contributed by atoms with Crippen molar-refractivity contribution in [2.75, 3.05) is 14.2 Å². The van der Waals surface area contributed by atoms with Gasteiger partial charge in [0.15, 0.2) is 11.5 Å². The highest BCUT2D eigenvalue weighted by Crippen LogP contribution is 2.30. The number of hydrogen-bond acceptors (Lipinski definition) is 5. The Hall–Kier alpha value is -2.34. The van der Waals surface area contributed by atoms with Gasteiger partial charge in [0.05, 0.1) is 31.0 Å². The molecule has 0 bridgehead atoms. The summed E-state index contributed by atoms with van der Waals surface area (Å²) in [6, 6.07) is 9.44. The molecule has 108 valence electrons. The summed E-state index contributed by atoms with van der Waals surface area (Å²) >= 11 is 1.23. The molecule has 0 N–H and O–H groups in total. The van der Waals surface area contributed by atoms with E-state index < -0.39 is 0 Å². The lowest BCUT2D eigenvalue weighted by atomic mass is 10.3. The highest BCUT2D eigenvalue weighted by atomic mass is 32.1. The van der Waals surface area contributed by atoms with Crippen LogP contribution >= 0.6 is 11.3 Å². The molecule has 0 fully saturated rings. The average molecular weight is 302 g/mol. The summed E-state index contributed by atoms with van der Waals surface area (Å²) < 4.78 is 13.3. The van der Waals surface area contributed by atoms with Crippen LogP contribution in [0.4, 0.5) is 0 Å². The van der Waals surface area contributed by atoms with Crippen LogP contribution < -0.4 is 14.3 Å². The lowest BCUT2D eigenvalue weighted by Crippen LogP contribution is -2.15. The van der Waals surface area contributed by atoms with Crippen LogP contribution in [0.15, 0.2) is 41.3 Å². The first kappa shape index (κ1) is 13.6. The van der Waals surface area contributed by atoms with Gasteiger partial charge in [-0.05, 0) is 12.1 Å². The number of ether oxygens (including phenoxy) is 2. The molecule has 0 atom stereocenters. The zero-order valence-electron chi connectivity index (χ0n) is 11.7. The Balaban J connectivity index is 2.11. The number of hydrogen-bond donors (Lipinski definition) is 0. The minimum absolute atomic E-state index is 0.0112. The Morgan fingerprint density at radius 1 is 1.19 bits per heavy atom. The summed E-state index contributed by atoms with van der Waals surface area (Å²) in [5, 5.41) is 0. The summed E-state index contributed by atoms with van der Waals surface area (Å²) in [5.41, 5.74) is 1.57. The highest BCUT2D eigenvalue weighted by molar-refractivity contribution is 7.16. The van der Waals surface area contributed by atoms with Crippen molar-refractivity contribution in [3.05, 3.63) is 51.9 Å². The monoisotopic (exact) mass is 302 g/mol. The summed E-state index contributed by atoms with van der Waals surface area (Å²) in [7, 11) is 3.14. The molecule has 0 aliphatic carbocycles. The van der Waals surface area contributed by atoms with Gasteiger partial charge in [-0.3, -0.25) is 14.3 Å². The topological polar surface area (TPSA) is 53.4 Å². The molecule has 0 spiro atoms. The zero-order chi connectivity index (χ0) is 14.8. The van der Waals surface area contributed by atoms with E-state index in [2.05, 4.69) is 4.98 Å². The van der Waals surface area contributed by atoms with Crippen LogP contribution in [0.2, 0.25) is 0 Å². The van der Waals surface area contributed by atoms with Crippen molar-refractivity contribution in [2.24, 2.45) is 0 Å². The maximum atomic E-state index is 12.2. The van der Waals surface area contributed by atoms with Crippen molar-refractivity contribution in [3.8, 4) is 11.5 Å². The van der Waals surface area contributed by atoms with E-state index in [1.165, 1.54) is 11.3 Å². The van der Waals surface area contributed by atoms with Gasteiger partial charge in [-0.25, -0.2) is 0 Å². The predicted octanol–water partition coefficient (Wildman–Crippen LogP) is 2.52. The molecule has 3 aromatic rings. The Bertz CT molecular complexity index is 838. The zero-order valence-corrected chi connectivity index (χ0v) is 12.5. The van der Waals surface area contributed by atoms with E-state index in [9.17, 15) is 4.79 Å². The average Bonchev–Trinajstić information content (AvgIpc) is 2.83. The van der Waals surface area contributed by atoms with Gasteiger partial charge in [0.25, 0.3) is 0 Å². The summed E-state index contributed by atoms with van der Waals surface area (Å²) in [4.78, 5) is 16.5. The number of thiazole rings is 1. The summed E-state index contributed by atoms with van der Waals surface area (Å²) in [6.07, 6.45) is 1.65. The number of pyridine rings is 1. The van der Waals surface area contributed by atoms with Gasteiger partial charge in [0.1, 0.15) is 5.69 Å². The van der Waals surface area contributed by atoms with Gasteiger partial charge >= 0.3 is 4.87 Å². The fourth-order valence-corrected chi connectivity index (χ4v) is 3.17. The molecule has 0 amide bonds. The molecule has 0 unspecified atom stereocenters. The van der Waals surface area contributed by atoms with Crippen LogP contribution in [0, 0.1) is 0 Å². The lowest BCUT2D eigenvalue weighted by Gasteiger charge is -2.12. The van der Waals surface area contributed by atoms with Crippen LogP contribution in [0.3, 0.4) is 0 Å². The molecule has 6 heteroatoms. The third-order valence-electron chi connectivity index (χ3n) is 3.25. The van der Waals surface area contributed by atoms with Gasteiger partial charge in [-0.1, -0.05) is 23.5 Å². The van der Waals surface area contributed by atoms with Gasteiger partial charge in [-0.15, -0.1) is 0 Å². The molecule has 21 heavy (non-hydrogen) atoms. The first-order valence-electron chi connectivity index (χ1n) is 6.39. The molecule has 3 rings (SSSR count). The Morgan fingerprint density at radius 2 is 2.00 bits per heavy atom. The molecular formula is C15H14N2O3S. The third kappa shape index (κ3) is 2.38. The van der Waals surface area contributed by atoms with Crippen LogP contribution in [0.1, 0.15) is 5.69 Å². The number of benzene rings is 1. The molecule has 2 aromatic heterocycles. The molecule has 0 radical (unpaired) electrons. The molecule has 0 aliphatic rings. The molecule has 2 heterocycles. The largest absolute Gasteiger partial charge is 0.493 e. The van der Waals surface area contributed by atoms with Crippen LogP contribution in [-0.2, 0) is 6.54 Å². The van der Waals surface area contributed by atoms with E-state index in [0.717, 1.165) is 10.2 Å². The molecule has 5 nitrogen and oxygen atoms in total. The number of rotatable bonds is 4. The standard InChI is InChI=1S/C15H14N2O3S/c1-19-12-7-8-16-10(14(12)20-2)9-17-11-5-3-4-6-13(11)21-15(17)18/h3-8H,9H2,1-2H3. The second-order valence-electron chi connectivity index (χ2n) is 4.41.